The van der Waals surface area contributed by atoms with Crippen LogP contribution < -0.4 is 5.73 Å². The van der Waals surface area contributed by atoms with Crippen LogP contribution in [0.15, 0.2) is 21.0 Å². The average Bonchev–Trinajstić information content (AvgIpc) is 2.30. The second-order valence-corrected chi connectivity index (χ2v) is 6.80. The number of carbonyl (C=O) groups is 1. The van der Waals surface area contributed by atoms with Gasteiger partial charge in [0.1, 0.15) is 0 Å². The zero-order valence-corrected chi connectivity index (χ0v) is 12.7. The molecule has 0 atom stereocenters. The van der Waals surface area contributed by atoms with Gasteiger partial charge in [0, 0.05) is 21.7 Å². The molecule has 1 aromatic carbocycles. The molecule has 1 aromatic rings. The van der Waals surface area contributed by atoms with E-state index in [2.05, 4.69) is 20.3 Å². The van der Waals surface area contributed by atoms with Crippen LogP contribution in [0.2, 0.25) is 0 Å². The van der Waals surface area contributed by atoms with E-state index in [1.807, 2.05) is 26.8 Å². The van der Waals surface area contributed by atoms with E-state index in [1.165, 1.54) is 0 Å². The normalized spacial score (nSPS) is 10.6. The summed E-state index contributed by atoms with van der Waals surface area (Å²) in [6.07, 6.45) is 0. The van der Waals surface area contributed by atoms with Crippen molar-refractivity contribution in [1.29, 1.82) is 0 Å². The van der Waals surface area contributed by atoms with Gasteiger partial charge in [-0.2, -0.15) is 4.36 Å². The van der Waals surface area contributed by atoms with Crippen LogP contribution in [0.5, 0.6) is 0 Å². The number of nitrogen functional groups attached to an aromatic ring is 1. The molecule has 0 aliphatic rings. The number of amides is 1. The van der Waals surface area contributed by atoms with Gasteiger partial charge in [0.15, 0.2) is 0 Å². The van der Waals surface area contributed by atoms with Crippen LogP contribution in [-0.4, -0.2) is 17.4 Å². The van der Waals surface area contributed by atoms with E-state index >= 15 is 0 Å². The largest absolute Gasteiger partial charge is 0.398 e. The molecule has 0 radical (unpaired) electrons. The minimum atomic E-state index is -0.209. The van der Waals surface area contributed by atoms with E-state index < -0.39 is 0 Å². The molecular formula is C12H17BrN2OS. The Bertz CT molecular complexity index is 466. The van der Waals surface area contributed by atoms with Crippen molar-refractivity contribution < 1.29 is 4.79 Å². The number of hydrogen-bond donors (Lipinski definition) is 1. The van der Waals surface area contributed by atoms with E-state index in [9.17, 15) is 4.79 Å². The number of carbonyl (C=O) groups excluding carboxylic acids is 1. The summed E-state index contributed by atoms with van der Waals surface area (Å²) in [7, 11) is -0.186. The smallest absolute Gasteiger partial charge is 0.285 e. The molecule has 94 valence electrons. The van der Waals surface area contributed by atoms with E-state index in [1.54, 1.807) is 6.07 Å². The summed E-state index contributed by atoms with van der Waals surface area (Å²) in [5.74, 6) is 1.59. The monoisotopic (exact) mass is 316 g/mol. The van der Waals surface area contributed by atoms with Crippen LogP contribution in [0.3, 0.4) is 0 Å². The number of nitrogens with zero attached hydrogens (tertiary/aromatic N) is 1. The molecule has 0 spiro atoms. The number of halogens is 1. The topological polar surface area (TPSA) is 55.5 Å². The third-order valence-electron chi connectivity index (χ3n) is 2.46. The van der Waals surface area contributed by atoms with Gasteiger partial charge in [-0.3, -0.25) is 4.79 Å². The Balaban J connectivity index is 3.17. The van der Waals surface area contributed by atoms with Crippen molar-refractivity contribution in [2.45, 2.75) is 20.8 Å². The van der Waals surface area contributed by atoms with Crippen molar-refractivity contribution in [2.24, 2.45) is 4.36 Å². The Kier molecular flexibility index (Phi) is 5.33. The first-order chi connectivity index (χ1) is 7.99. The summed E-state index contributed by atoms with van der Waals surface area (Å²) < 4.78 is 5.07. The lowest BCUT2D eigenvalue weighted by Crippen LogP contribution is -2.06. The van der Waals surface area contributed by atoms with E-state index in [0.717, 1.165) is 21.5 Å². The highest BCUT2D eigenvalue weighted by atomic mass is 79.9. The first kappa shape index (κ1) is 14.4. The SMILES string of the molecule is CCS(CC)=NC(=O)c1cc(Br)cc(C)c1N. The number of rotatable bonds is 3. The maximum atomic E-state index is 12.0. The summed E-state index contributed by atoms with van der Waals surface area (Å²) in [6.45, 7) is 5.97. The molecule has 3 nitrogen and oxygen atoms in total. The molecule has 0 saturated carbocycles. The lowest BCUT2D eigenvalue weighted by atomic mass is 10.1. The van der Waals surface area contributed by atoms with Gasteiger partial charge in [0.25, 0.3) is 5.91 Å². The summed E-state index contributed by atoms with van der Waals surface area (Å²) >= 11 is 3.37. The average molecular weight is 317 g/mol. The highest BCUT2D eigenvalue weighted by molar-refractivity contribution is 9.10. The maximum absolute atomic E-state index is 12.0. The molecule has 0 unspecified atom stereocenters. The van der Waals surface area contributed by atoms with Gasteiger partial charge in [-0.25, -0.2) is 0 Å². The molecule has 1 amide bonds. The molecular weight excluding hydrogens is 300 g/mol. The van der Waals surface area contributed by atoms with Crippen molar-refractivity contribution in [3.8, 4) is 0 Å². The maximum Gasteiger partial charge on any atom is 0.285 e. The minimum Gasteiger partial charge on any atom is -0.398 e. The lowest BCUT2D eigenvalue weighted by molar-refractivity contribution is 0.101. The molecule has 1 rings (SSSR count). The van der Waals surface area contributed by atoms with Crippen LogP contribution in [0.4, 0.5) is 5.69 Å². The number of hydrogen-bond acceptors (Lipinski definition) is 2. The fourth-order valence-corrected chi connectivity index (χ4v) is 3.00. The van der Waals surface area contributed by atoms with Crippen molar-refractivity contribution in [2.75, 3.05) is 17.2 Å². The van der Waals surface area contributed by atoms with Gasteiger partial charge < -0.3 is 5.73 Å². The van der Waals surface area contributed by atoms with Gasteiger partial charge >= 0.3 is 0 Å². The Morgan fingerprint density at radius 3 is 2.53 bits per heavy atom. The van der Waals surface area contributed by atoms with Crippen molar-refractivity contribution >= 4 is 38.2 Å². The quantitative estimate of drug-likeness (QED) is 0.870. The highest BCUT2D eigenvalue weighted by Gasteiger charge is 2.12. The zero-order valence-electron chi connectivity index (χ0n) is 10.3. The standard InChI is InChI=1S/C12H17BrN2OS/c1-4-17(5-2)15-12(16)10-7-9(13)6-8(3)11(10)14/h6-7H,4-5,14H2,1-3H3. The molecule has 0 fully saturated rings. The Morgan fingerprint density at radius 2 is 2.00 bits per heavy atom. The molecule has 0 aliphatic carbocycles. The van der Waals surface area contributed by atoms with E-state index in [4.69, 9.17) is 5.73 Å². The Labute approximate surface area is 113 Å². The molecule has 0 saturated heterocycles. The summed E-state index contributed by atoms with van der Waals surface area (Å²) in [5.41, 5.74) is 7.83. The lowest BCUT2D eigenvalue weighted by Gasteiger charge is -2.07. The van der Waals surface area contributed by atoms with E-state index in [-0.39, 0.29) is 16.6 Å². The first-order valence-electron chi connectivity index (χ1n) is 5.48. The zero-order chi connectivity index (χ0) is 13.0. The number of anilines is 1. The van der Waals surface area contributed by atoms with Gasteiger partial charge in [-0.05, 0) is 24.6 Å². The summed E-state index contributed by atoms with van der Waals surface area (Å²) in [6, 6.07) is 3.63. The molecule has 5 heteroatoms. The van der Waals surface area contributed by atoms with Crippen molar-refractivity contribution in [1.82, 2.24) is 0 Å². The van der Waals surface area contributed by atoms with Gasteiger partial charge in [-0.1, -0.05) is 40.5 Å². The molecule has 0 aliphatic heterocycles. The van der Waals surface area contributed by atoms with Gasteiger partial charge in [0.05, 0.1) is 5.56 Å². The minimum absolute atomic E-state index is 0.186. The molecule has 0 heterocycles. The van der Waals surface area contributed by atoms with Gasteiger partial charge in [-0.15, -0.1) is 0 Å². The van der Waals surface area contributed by atoms with Crippen LogP contribution in [0.25, 0.3) is 0 Å². The van der Waals surface area contributed by atoms with Crippen LogP contribution in [0, 0.1) is 6.92 Å². The molecule has 0 aromatic heterocycles. The number of nitrogens with two attached hydrogens (primary N) is 1. The van der Waals surface area contributed by atoms with Crippen molar-refractivity contribution in [3.63, 3.8) is 0 Å². The Hall–Kier alpha value is -0.680. The fourth-order valence-electron chi connectivity index (χ4n) is 1.43. The Morgan fingerprint density at radius 1 is 1.41 bits per heavy atom. The number of benzene rings is 1. The van der Waals surface area contributed by atoms with Crippen LogP contribution in [-0.2, 0) is 10.7 Å². The third kappa shape index (κ3) is 3.64. The molecule has 17 heavy (non-hydrogen) atoms. The number of aryl methyl sites for hydroxylation is 1. The third-order valence-corrected chi connectivity index (χ3v) is 4.68. The summed E-state index contributed by atoms with van der Waals surface area (Å²) in [5, 5.41) is 0. The predicted molar refractivity (Wildman–Crippen MR) is 78.5 cm³/mol. The molecule has 2 N–H and O–H groups in total. The van der Waals surface area contributed by atoms with E-state index in [0.29, 0.717) is 11.3 Å². The second kappa shape index (κ2) is 6.31. The molecule has 0 bridgehead atoms. The van der Waals surface area contributed by atoms with Crippen LogP contribution >= 0.6 is 15.9 Å². The predicted octanol–water partition coefficient (Wildman–Crippen LogP) is 3.32. The summed E-state index contributed by atoms with van der Waals surface area (Å²) in [4.78, 5) is 12.0. The fraction of sp³-hybridized carbons (Fsp3) is 0.417. The first-order valence-corrected chi connectivity index (χ1v) is 7.80. The van der Waals surface area contributed by atoms with Crippen molar-refractivity contribution in [3.05, 3.63) is 27.7 Å². The highest BCUT2D eigenvalue weighted by Crippen LogP contribution is 2.24. The van der Waals surface area contributed by atoms with Crippen LogP contribution in [0.1, 0.15) is 29.8 Å². The van der Waals surface area contributed by atoms with Gasteiger partial charge in [0.2, 0.25) is 0 Å². The second-order valence-electron chi connectivity index (χ2n) is 3.62.